The first-order valence-corrected chi connectivity index (χ1v) is 15.7. The van der Waals surface area contributed by atoms with Crippen molar-refractivity contribution in [3.8, 4) is 0 Å². The van der Waals surface area contributed by atoms with E-state index in [-0.39, 0.29) is 23.8 Å². The molecule has 9 nitrogen and oxygen atoms in total. The van der Waals surface area contributed by atoms with Crippen molar-refractivity contribution < 1.29 is 19.1 Å². The molecule has 0 unspecified atom stereocenters. The molecule has 3 amide bonds. The summed E-state index contributed by atoms with van der Waals surface area (Å²) in [5.41, 5.74) is -0.719. The van der Waals surface area contributed by atoms with Crippen LogP contribution in [-0.2, 0) is 19.1 Å². The molecule has 0 radical (unpaired) electrons. The van der Waals surface area contributed by atoms with E-state index in [2.05, 4.69) is 27.4 Å². The molecular weight excluding hydrogens is 565 g/mol. The van der Waals surface area contributed by atoms with Crippen LogP contribution in [0.5, 0.6) is 0 Å². The minimum absolute atomic E-state index is 0.0972. The third kappa shape index (κ3) is 5.52. The third-order valence-corrected chi connectivity index (χ3v) is 10.0. The molecule has 222 valence electrons. The number of likely N-dealkylation sites (tertiary alicyclic amines) is 1. The Morgan fingerprint density at radius 1 is 0.976 bits per heavy atom. The van der Waals surface area contributed by atoms with E-state index in [1.807, 2.05) is 12.2 Å². The van der Waals surface area contributed by atoms with Gasteiger partial charge in [-0.25, -0.2) is 0 Å². The Hall–Kier alpha value is -2.17. The molecule has 0 aromatic heterocycles. The molecule has 4 aliphatic heterocycles. The van der Waals surface area contributed by atoms with Crippen LogP contribution in [0, 0.1) is 11.8 Å². The zero-order valence-electron chi connectivity index (χ0n) is 23.5. The minimum atomic E-state index is -1.17. The lowest BCUT2D eigenvalue weighted by molar-refractivity contribution is -0.141. The van der Waals surface area contributed by atoms with Gasteiger partial charge in [0.1, 0.15) is 11.6 Å². The van der Waals surface area contributed by atoms with Gasteiger partial charge in [0, 0.05) is 61.0 Å². The maximum Gasteiger partial charge on any atom is 0.246 e. The van der Waals surface area contributed by atoms with Gasteiger partial charge in [-0.15, -0.1) is 0 Å². The Bertz CT molecular complexity index is 1200. The summed E-state index contributed by atoms with van der Waals surface area (Å²) in [6, 6.07) is 4.10. The SMILES string of the molecule is CCN1CCN(CCN2C(=O)[C@H]3[C@@H](C(=O)Nc4cc(Cl)cc(Cl)c4)[C@H]4C=C[C@@]3(O4)[C@@H]2C(=O)NC2CCCCC2)CC1. The molecule has 4 heterocycles. The topological polar surface area (TPSA) is 94.2 Å². The van der Waals surface area contributed by atoms with Crippen LogP contribution in [0.15, 0.2) is 30.4 Å². The number of hydrogen-bond donors (Lipinski definition) is 2. The second-order valence-corrected chi connectivity index (χ2v) is 12.9. The first-order chi connectivity index (χ1) is 19.8. The molecule has 1 aromatic rings. The van der Waals surface area contributed by atoms with Crippen LogP contribution >= 0.6 is 23.2 Å². The number of anilines is 1. The molecule has 41 heavy (non-hydrogen) atoms. The van der Waals surface area contributed by atoms with Gasteiger partial charge < -0.3 is 25.2 Å². The molecule has 5 atom stereocenters. The number of likely N-dealkylation sites (N-methyl/N-ethyl adjacent to an activating group) is 1. The average Bonchev–Trinajstić information content (AvgIpc) is 3.59. The number of carbonyl (C=O) groups is 3. The molecule has 1 saturated carbocycles. The number of ether oxygens (including phenoxy) is 1. The van der Waals surface area contributed by atoms with E-state index in [1.54, 1.807) is 23.1 Å². The van der Waals surface area contributed by atoms with E-state index in [0.29, 0.717) is 28.8 Å². The first kappa shape index (κ1) is 28.9. The summed E-state index contributed by atoms with van der Waals surface area (Å²) in [6.07, 6.45) is 8.36. The van der Waals surface area contributed by atoms with Crippen molar-refractivity contribution in [3.63, 3.8) is 0 Å². The number of carbonyl (C=O) groups excluding carboxylic acids is 3. The highest BCUT2D eigenvalue weighted by Gasteiger charge is 2.72. The molecule has 6 rings (SSSR count). The van der Waals surface area contributed by atoms with E-state index in [9.17, 15) is 14.4 Å². The fourth-order valence-corrected chi connectivity index (χ4v) is 7.99. The second kappa shape index (κ2) is 11.8. The number of nitrogens with one attached hydrogen (secondary N) is 2. The van der Waals surface area contributed by atoms with Crippen LogP contribution in [0.3, 0.4) is 0 Å². The Kier molecular flexibility index (Phi) is 8.35. The molecule has 1 aliphatic carbocycles. The Labute approximate surface area is 251 Å². The largest absolute Gasteiger partial charge is 0.359 e. The Balaban J connectivity index is 1.25. The molecular formula is C30H39Cl2N5O4. The molecule has 1 spiro atoms. The zero-order valence-corrected chi connectivity index (χ0v) is 25.0. The normalized spacial score (nSPS) is 32.0. The molecule has 11 heteroatoms. The van der Waals surface area contributed by atoms with Gasteiger partial charge in [0.15, 0.2) is 0 Å². The quantitative estimate of drug-likeness (QED) is 0.443. The summed E-state index contributed by atoms with van der Waals surface area (Å²) in [4.78, 5) is 48.3. The maximum absolute atomic E-state index is 14.2. The van der Waals surface area contributed by atoms with E-state index in [4.69, 9.17) is 27.9 Å². The molecule has 3 saturated heterocycles. The number of fused-ring (bicyclic) bond motifs is 1. The van der Waals surface area contributed by atoms with Crippen LogP contribution < -0.4 is 10.6 Å². The van der Waals surface area contributed by atoms with Crippen molar-refractivity contribution >= 4 is 46.6 Å². The summed E-state index contributed by atoms with van der Waals surface area (Å²) >= 11 is 12.3. The van der Waals surface area contributed by atoms with E-state index in [0.717, 1.165) is 58.4 Å². The number of nitrogens with zero attached hydrogens (tertiary/aromatic N) is 3. The van der Waals surface area contributed by atoms with Crippen LogP contribution in [-0.4, -0.2) is 102 Å². The van der Waals surface area contributed by atoms with Gasteiger partial charge in [0.25, 0.3) is 0 Å². The van der Waals surface area contributed by atoms with Crippen molar-refractivity contribution in [2.45, 2.75) is 62.8 Å². The van der Waals surface area contributed by atoms with Gasteiger partial charge in [-0.05, 0) is 37.6 Å². The smallest absolute Gasteiger partial charge is 0.246 e. The Morgan fingerprint density at radius 3 is 2.34 bits per heavy atom. The monoisotopic (exact) mass is 603 g/mol. The number of benzene rings is 1. The average molecular weight is 605 g/mol. The fourth-order valence-electron chi connectivity index (χ4n) is 7.46. The van der Waals surface area contributed by atoms with E-state index >= 15 is 0 Å². The number of amides is 3. The van der Waals surface area contributed by atoms with Crippen LogP contribution in [0.2, 0.25) is 10.0 Å². The maximum atomic E-state index is 14.2. The summed E-state index contributed by atoms with van der Waals surface area (Å²) in [7, 11) is 0. The lowest BCUT2D eigenvalue weighted by Crippen LogP contribution is -2.57. The number of halogens is 2. The number of rotatable bonds is 8. The molecule has 2 N–H and O–H groups in total. The highest BCUT2D eigenvalue weighted by Crippen LogP contribution is 2.55. The molecule has 4 fully saturated rings. The lowest BCUT2D eigenvalue weighted by atomic mass is 9.74. The van der Waals surface area contributed by atoms with Crippen molar-refractivity contribution in [3.05, 3.63) is 40.4 Å². The van der Waals surface area contributed by atoms with Crippen molar-refractivity contribution in [1.29, 1.82) is 0 Å². The summed E-state index contributed by atoms with van der Waals surface area (Å²) in [5.74, 6) is -2.28. The lowest BCUT2D eigenvalue weighted by Gasteiger charge is -2.37. The van der Waals surface area contributed by atoms with E-state index in [1.165, 1.54) is 6.42 Å². The van der Waals surface area contributed by atoms with E-state index < -0.39 is 29.6 Å². The highest BCUT2D eigenvalue weighted by atomic mass is 35.5. The van der Waals surface area contributed by atoms with Gasteiger partial charge in [0.05, 0.1) is 17.9 Å². The van der Waals surface area contributed by atoms with Gasteiger partial charge in [-0.1, -0.05) is 61.5 Å². The second-order valence-electron chi connectivity index (χ2n) is 12.0. The van der Waals surface area contributed by atoms with Gasteiger partial charge in [-0.2, -0.15) is 0 Å². The molecule has 1 aromatic carbocycles. The van der Waals surface area contributed by atoms with Crippen LogP contribution in [0.25, 0.3) is 0 Å². The van der Waals surface area contributed by atoms with Crippen molar-refractivity contribution in [2.75, 3.05) is 51.1 Å². The molecule has 5 aliphatic rings. The molecule has 2 bridgehead atoms. The first-order valence-electron chi connectivity index (χ1n) is 15.0. The summed E-state index contributed by atoms with van der Waals surface area (Å²) in [6.45, 7) is 8.11. The van der Waals surface area contributed by atoms with Crippen LogP contribution in [0.4, 0.5) is 5.69 Å². The van der Waals surface area contributed by atoms with Crippen molar-refractivity contribution in [2.24, 2.45) is 11.8 Å². The van der Waals surface area contributed by atoms with Crippen LogP contribution in [0.1, 0.15) is 39.0 Å². The third-order valence-electron chi connectivity index (χ3n) is 9.58. The number of piperazine rings is 1. The predicted octanol–water partition coefficient (Wildman–Crippen LogP) is 3.17. The zero-order chi connectivity index (χ0) is 28.7. The van der Waals surface area contributed by atoms with Crippen molar-refractivity contribution in [1.82, 2.24) is 20.0 Å². The minimum Gasteiger partial charge on any atom is -0.359 e. The Morgan fingerprint density at radius 2 is 1.66 bits per heavy atom. The fraction of sp³-hybridized carbons (Fsp3) is 0.633. The highest BCUT2D eigenvalue weighted by molar-refractivity contribution is 6.35. The standard InChI is InChI=1S/C30H39Cl2N5O4/c1-2-35-10-12-36(13-11-35)14-15-37-26(28(39)33-21-6-4-3-5-7-21)30-9-8-23(41-30)24(25(30)29(37)40)27(38)34-22-17-19(31)16-20(32)18-22/h8-9,16-18,21,23-26H,2-7,10-15H2,1H3,(H,33,39)(H,34,38)/t23-,24+,25-,26+,30+/m1/s1. The predicted molar refractivity (Wildman–Crippen MR) is 158 cm³/mol. The number of hydrogen-bond acceptors (Lipinski definition) is 6. The summed E-state index contributed by atoms with van der Waals surface area (Å²) in [5, 5.41) is 6.94. The summed E-state index contributed by atoms with van der Waals surface area (Å²) < 4.78 is 6.48. The van der Waals surface area contributed by atoms with Gasteiger partial charge in [0.2, 0.25) is 17.7 Å². The van der Waals surface area contributed by atoms with Gasteiger partial charge in [-0.3, -0.25) is 19.3 Å². The van der Waals surface area contributed by atoms with Gasteiger partial charge >= 0.3 is 0 Å².